The third-order valence-electron chi connectivity index (χ3n) is 3.27. The highest BCUT2D eigenvalue weighted by atomic mass is 16.5. The molecule has 1 fully saturated rings. The van der Waals surface area contributed by atoms with E-state index in [1.807, 2.05) is 0 Å². The van der Waals surface area contributed by atoms with Gasteiger partial charge in [0, 0.05) is 11.6 Å². The second-order valence-corrected chi connectivity index (χ2v) is 4.82. The molecule has 0 saturated heterocycles. The third kappa shape index (κ3) is 2.76. The van der Waals surface area contributed by atoms with Gasteiger partial charge >= 0.3 is 0 Å². The lowest BCUT2D eigenvalue weighted by Crippen LogP contribution is -2.21. The van der Waals surface area contributed by atoms with E-state index < -0.39 is 0 Å². The summed E-state index contributed by atoms with van der Waals surface area (Å²) in [5.41, 5.74) is 2.50. The summed E-state index contributed by atoms with van der Waals surface area (Å²) in [6, 6.07) is 6.78. The molecule has 0 aromatic heterocycles. The van der Waals surface area contributed by atoms with Gasteiger partial charge < -0.3 is 10.1 Å². The average Bonchev–Trinajstić information content (AvgIpc) is 3.09. The van der Waals surface area contributed by atoms with Crippen molar-refractivity contribution in [3.05, 3.63) is 29.3 Å². The van der Waals surface area contributed by atoms with Crippen LogP contribution in [0.3, 0.4) is 0 Å². The lowest BCUT2D eigenvalue weighted by molar-refractivity contribution is 0.400. The van der Waals surface area contributed by atoms with Gasteiger partial charge in [-0.3, -0.25) is 0 Å². The average molecular weight is 219 g/mol. The van der Waals surface area contributed by atoms with Crippen molar-refractivity contribution in [2.24, 2.45) is 5.92 Å². The van der Waals surface area contributed by atoms with E-state index in [1.165, 1.54) is 24.0 Å². The number of ether oxygens (including phenoxy) is 1. The molecular formula is C14H21NO. The summed E-state index contributed by atoms with van der Waals surface area (Å²) < 4.78 is 5.43. The van der Waals surface area contributed by atoms with Crippen molar-refractivity contribution >= 4 is 0 Å². The first-order chi connectivity index (χ1) is 7.70. The number of aryl methyl sites for hydroxylation is 1. The summed E-state index contributed by atoms with van der Waals surface area (Å²) in [5, 5.41) is 3.58. The van der Waals surface area contributed by atoms with Crippen LogP contribution in [0.15, 0.2) is 18.2 Å². The molecule has 16 heavy (non-hydrogen) atoms. The maximum atomic E-state index is 5.43. The Hall–Kier alpha value is -1.02. The smallest absolute Gasteiger partial charge is 0.123 e. The Morgan fingerprint density at radius 2 is 2.19 bits per heavy atom. The summed E-state index contributed by atoms with van der Waals surface area (Å²) in [6.45, 7) is 5.43. The molecule has 2 rings (SSSR count). The van der Waals surface area contributed by atoms with Gasteiger partial charge in [-0.15, -0.1) is 0 Å². The number of methoxy groups -OCH3 is 1. The standard InChI is InChI=1S/C14H21NO/c1-10-4-7-13(14(8-10)16-3)11(2)15-9-12-5-6-12/h4,7-8,11-12,15H,5-6,9H2,1-3H3. The SMILES string of the molecule is COc1cc(C)ccc1C(C)NCC1CC1. The van der Waals surface area contributed by atoms with Crippen molar-refractivity contribution in [3.63, 3.8) is 0 Å². The van der Waals surface area contributed by atoms with Crippen LogP contribution in [0.1, 0.15) is 36.9 Å². The minimum atomic E-state index is 0.371. The van der Waals surface area contributed by atoms with Gasteiger partial charge in [0.15, 0.2) is 0 Å². The molecule has 1 N–H and O–H groups in total. The fraction of sp³-hybridized carbons (Fsp3) is 0.571. The zero-order valence-electron chi connectivity index (χ0n) is 10.4. The Balaban J connectivity index is 2.04. The highest BCUT2D eigenvalue weighted by molar-refractivity contribution is 5.39. The van der Waals surface area contributed by atoms with Crippen molar-refractivity contribution in [2.45, 2.75) is 32.7 Å². The first-order valence-electron chi connectivity index (χ1n) is 6.08. The fourth-order valence-corrected chi connectivity index (χ4v) is 1.95. The molecular weight excluding hydrogens is 198 g/mol. The van der Waals surface area contributed by atoms with E-state index in [9.17, 15) is 0 Å². The van der Waals surface area contributed by atoms with E-state index in [1.54, 1.807) is 7.11 Å². The maximum absolute atomic E-state index is 5.43. The van der Waals surface area contributed by atoms with Crippen LogP contribution >= 0.6 is 0 Å². The van der Waals surface area contributed by atoms with Crippen molar-refractivity contribution in [3.8, 4) is 5.75 Å². The van der Waals surface area contributed by atoms with Gasteiger partial charge in [-0.1, -0.05) is 12.1 Å². The summed E-state index contributed by atoms with van der Waals surface area (Å²) in [6.07, 6.45) is 2.79. The van der Waals surface area contributed by atoms with Gasteiger partial charge in [0.1, 0.15) is 5.75 Å². The summed E-state index contributed by atoms with van der Waals surface area (Å²) in [7, 11) is 1.74. The lowest BCUT2D eigenvalue weighted by Gasteiger charge is -2.17. The topological polar surface area (TPSA) is 21.3 Å². The molecule has 2 heteroatoms. The molecule has 1 aliphatic carbocycles. The molecule has 0 bridgehead atoms. The van der Waals surface area contributed by atoms with Crippen molar-refractivity contribution < 1.29 is 4.74 Å². The van der Waals surface area contributed by atoms with E-state index in [2.05, 4.69) is 37.4 Å². The lowest BCUT2D eigenvalue weighted by atomic mass is 10.0. The van der Waals surface area contributed by atoms with Gasteiger partial charge in [-0.25, -0.2) is 0 Å². The number of nitrogens with one attached hydrogen (secondary N) is 1. The molecule has 1 aromatic carbocycles. The Labute approximate surface area is 98.0 Å². The normalized spacial score (nSPS) is 17.2. The minimum Gasteiger partial charge on any atom is -0.496 e. The molecule has 0 heterocycles. The zero-order chi connectivity index (χ0) is 11.5. The third-order valence-corrected chi connectivity index (χ3v) is 3.27. The van der Waals surface area contributed by atoms with E-state index in [-0.39, 0.29) is 0 Å². The van der Waals surface area contributed by atoms with Crippen molar-refractivity contribution in [1.82, 2.24) is 5.32 Å². The number of rotatable bonds is 5. The van der Waals surface area contributed by atoms with Gasteiger partial charge in [0.2, 0.25) is 0 Å². The Morgan fingerprint density at radius 1 is 1.44 bits per heavy atom. The highest BCUT2D eigenvalue weighted by Gasteiger charge is 2.22. The first kappa shape index (κ1) is 11.5. The van der Waals surface area contributed by atoms with Gasteiger partial charge in [-0.05, 0) is 50.8 Å². The quantitative estimate of drug-likeness (QED) is 0.821. The number of hydrogen-bond donors (Lipinski definition) is 1. The van der Waals surface area contributed by atoms with Crippen LogP contribution in [0.4, 0.5) is 0 Å². The van der Waals surface area contributed by atoms with Crippen LogP contribution in [-0.2, 0) is 0 Å². The van der Waals surface area contributed by atoms with Crippen LogP contribution in [0.5, 0.6) is 5.75 Å². The predicted molar refractivity (Wildman–Crippen MR) is 66.9 cm³/mol. The van der Waals surface area contributed by atoms with Gasteiger partial charge in [0.25, 0.3) is 0 Å². The Bertz CT molecular complexity index is 358. The molecule has 88 valence electrons. The maximum Gasteiger partial charge on any atom is 0.123 e. The van der Waals surface area contributed by atoms with Gasteiger partial charge in [0.05, 0.1) is 7.11 Å². The van der Waals surface area contributed by atoms with E-state index >= 15 is 0 Å². The zero-order valence-corrected chi connectivity index (χ0v) is 10.4. The Morgan fingerprint density at radius 3 is 2.81 bits per heavy atom. The van der Waals surface area contributed by atoms with Crippen LogP contribution < -0.4 is 10.1 Å². The molecule has 0 spiro atoms. The van der Waals surface area contributed by atoms with Crippen molar-refractivity contribution in [1.29, 1.82) is 0 Å². The van der Waals surface area contributed by atoms with Crippen molar-refractivity contribution in [2.75, 3.05) is 13.7 Å². The molecule has 2 nitrogen and oxygen atoms in total. The fourth-order valence-electron chi connectivity index (χ4n) is 1.95. The van der Waals surface area contributed by atoms with Gasteiger partial charge in [-0.2, -0.15) is 0 Å². The molecule has 0 radical (unpaired) electrons. The summed E-state index contributed by atoms with van der Waals surface area (Å²) >= 11 is 0. The minimum absolute atomic E-state index is 0.371. The van der Waals surface area contributed by atoms with E-state index in [4.69, 9.17) is 4.74 Å². The monoisotopic (exact) mass is 219 g/mol. The van der Waals surface area contributed by atoms with Crippen LogP contribution in [0.25, 0.3) is 0 Å². The number of benzene rings is 1. The highest BCUT2D eigenvalue weighted by Crippen LogP contribution is 2.30. The first-order valence-corrected chi connectivity index (χ1v) is 6.08. The molecule has 1 atom stereocenters. The molecule has 1 aliphatic rings. The van der Waals surface area contributed by atoms with E-state index in [0.29, 0.717) is 6.04 Å². The molecule has 0 amide bonds. The molecule has 1 aromatic rings. The second kappa shape index (κ2) is 4.88. The van der Waals surface area contributed by atoms with Crippen LogP contribution in [0, 0.1) is 12.8 Å². The molecule has 1 unspecified atom stereocenters. The largest absolute Gasteiger partial charge is 0.496 e. The van der Waals surface area contributed by atoms with Crippen LogP contribution in [0.2, 0.25) is 0 Å². The summed E-state index contributed by atoms with van der Waals surface area (Å²) in [4.78, 5) is 0. The number of hydrogen-bond acceptors (Lipinski definition) is 2. The summed E-state index contributed by atoms with van der Waals surface area (Å²) in [5.74, 6) is 1.91. The Kier molecular flexibility index (Phi) is 3.49. The van der Waals surface area contributed by atoms with Crippen LogP contribution in [-0.4, -0.2) is 13.7 Å². The second-order valence-electron chi connectivity index (χ2n) is 4.82. The predicted octanol–water partition coefficient (Wildman–Crippen LogP) is 3.06. The van der Waals surface area contributed by atoms with E-state index in [0.717, 1.165) is 18.2 Å². The molecule has 0 aliphatic heterocycles. The molecule has 1 saturated carbocycles.